The molecule has 3 aromatic rings. The Bertz CT molecular complexity index is 873. The van der Waals surface area contributed by atoms with Crippen LogP contribution in [0.5, 0.6) is 0 Å². The maximum atomic E-state index is 12.1. The lowest BCUT2D eigenvalue weighted by Gasteiger charge is -2.25. The summed E-state index contributed by atoms with van der Waals surface area (Å²) in [6, 6.07) is 13.7. The van der Waals surface area contributed by atoms with Gasteiger partial charge in [-0.2, -0.15) is 5.10 Å². The van der Waals surface area contributed by atoms with Gasteiger partial charge in [-0.05, 0) is 41.6 Å². The molecule has 0 fully saturated rings. The number of fused-ring (bicyclic) bond motifs is 1. The molecule has 0 bridgehead atoms. The van der Waals surface area contributed by atoms with Crippen LogP contribution in [-0.4, -0.2) is 28.8 Å². The lowest BCUT2D eigenvalue weighted by Crippen LogP contribution is -2.45. The fourth-order valence-electron chi connectivity index (χ4n) is 2.91. The van der Waals surface area contributed by atoms with Crippen LogP contribution in [0.4, 0.5) is 0 Å². The number of halogens is 1. The monoisotopic (exact) mass is 372 g/mol. The summed E-state index contributed by atoms with van der Waals surface area (Å²) in [6.45, 7) is 1.31. The molecule has 1 amide bonds. The number of rotatable bonds is 5. The Morgan fingerprint density at radius 2 is 2.16 bits per heavy atom. The molecule has 0 unspecified atom stereocenters. The van der Waals surface area contributed by atoms with Gasteiger partial charge in [0.15, 0.2) is 0 Å². The molecule has 4 rings (SSSR count). The van der Waals surface area contributed by atoms with E-state index < -0.39 is 0 Å². The van der Waals surface area contributed by atoms with Gasteiger partial charge in [-0.3, -0.25) is 10.1 Å². The number of carbonyl (C=O) groups is 1. The molecule has 0 saturated carbocycles. The molecule has 2 aromatic heterocycles. The van der Waals surface area contributed by atoms with Crippen LogP contribution < -0.4 is 10.6 Å². The summed E-state index contributed by atoms with van der Waals surface area (Å²) in [5.74, 6) is -0.0777. The maximum Gasteiger partial charge on any atom is 0.269 e. The van der Waals surface area contributed by atoms with E-state index in [0.717, 1.165) is 28.6 Å². The SMILES string of the molecule is O=C1NC[C@H](NCCc2ccc(Cl)cc2)n2nc(-c3cccs3)cc21. The predicted octanol–water partition coefficient (Wildman–Crippen LogP) is 3.34. The molecule has 0 spiro atoms. The lowest BCUT2D eigenvalue weighted by molar-refractivity contribution is 0.0901. The molecule has 1 aliphatic rings. The third-order valence-electron chi connectivity index (χ3n) is 4.20. The molecule has 0 radical (unpaired) electrons. The molecule has 128 valence electrons. The second-order valence-corrected chi connectivity index (χ2v) is 7.28. The zero-order valence-electron chi connectivity index (χ0n) is 13.4. The highest BCUT2D eigenvalue weighted by Gasteiger charge is 2.27. The van der Waals surface area contributed by atoms with E-state index in [2.05, 4.69) is 15.7 Å². The van der Waals surface area contributed by atoms with Gasteiger partial charge in [0.2, 0.25) is 0 Å². The van der Waals surface area contributed by atoms with Crippen molar-refractivity contribution in [1.82, 2.24) is 20.4 Å². The Kier molecular flexibility index (Phi) is 4.57. The first-order valence-electron chi connectivity index (χ1n) is 8.10. The first kappa shape index (κ1) is 16.3. The van der Waals surface area contributed by atoms with E-state index in [4.69, 9.17) is 11.6 Å². The number of carbonyl (C=O) groups excluding carboxylic acids is 1. The molecule has 1 aromatic carbocycles. The number of hydrogen-bond donors (Lipinski definition) is 2. The number of aromatic nitrogens is 2. The summed E-state index contributed by atoms with van der Waals surface area (Å²) in [7, 11) is 0. The van der Waals surface area contributed by atoms with Crippen molar-refractivity contribution >= 4 is 28.8 Å². The van der Waals surface area contributed by atoms with E-state index in [1.165, 1.54) is 5.56 Å². The van der Waals surface area contributed by atoms with Gasteiger partial charge in [-0.25, -0.2) is 4.68 Å². The average molecular weight is 373 g/mol. The number of amides is 1. The minimum Gasteiger partial charge on any atom is -0.347 e. The molecule has 0 saturated heterocycles. The average Bonchev–Trinajstić information content (AvgIpc) is 3.28. The van der Waals surface area contributed by atoms with Gasteiger partial charge in [-0.15, -0.1) is 11.3 Å². The Labute approximate surface area is 154 Å². The van der Waals surface area contributed by atoms with E-state index >= 15 is 0 Å². The molecular formula is C18H17ClN4OS. The van der Waals surface area contributed by atoms with E-state index in [0.29, 0.717) is 12.2 Å². The van der Waals surface area contributed by atoms with Gasteiger partial charge in [0.1, 0.15) is 17.6 Å². The normalized spacial score (nSPS) is 16.5. The van der Waals surface area contributed by atoms with Gasteiger partial charge in [0.05, 0.1) is 11.4 Å². The third kappa shape index (κ3) is 3.46. The van der Waals surface area contributed by atoms with Crippen molar-refractivity contribution in [2.24, 2.45) is 0 Å². The van der Waals surface area contributed by atoms with Crippen LogP contribution in [0.3, 0.4) is 0 Å². The van der Waals surface area contributed by atoms with Crippen molar-refractivity contribution in [3.63, 3.8) is 0 Å². The summed E-state index contributed by atoms with van der Waals surface area (Å²) >= 11 is 7.53. The molecule has 1 atom stereocenters. The Morgan fingerprint density at radius 3 is 2.92 bits per heavy atom. The van der Waals surface area contributed by atoms with Crippen LogP contribution in [0.15, 0.2) is 47.8 Å². The molecular weight excluding hydrogens is 356 g/mol. The van der Waals surface area contributed by atoms with Gasteiger partial charge in [0, 0.05) is 11.6 Å². The summed E-state index contributed by atoms with van der Waals surface area (Å²) < 4.78 is 1.80. The van der Waals surface area contributed by atoms with Crippen molar-refractivity contribution in [3.8, 4) is 10.6 Å². The van der Waals surface area contributed by atoms with E-state index in [1.54, 1.807) is 16.0 Å². The van der Waals surface area contributed by atoms with Gasteiger partial charge >= 0.3 is 0 Å². The highest BCUT2D eigenvalue weighted by atomic mass is 35.5. The second kappa shape index (κ2) is 7.00. The zero-order valence-corrected chi connectivity index (χ0v) is 15.0. The molecule has 5 nitrogen and oxygen atoms in total. The number of nitrogens with zero attached hydrogens (tertiary/aromatic N) is 2. The lowest BCUT2D eigenvalue weighted by atomic mass is 10.1. The number of thiophene rings is 1. The molecule has 7 heteroatoms. The van der Waals surface area contributed by atoms with Crippen molar-refractivity contribution in [3.05, 3.63) is 64.1 Å². The fraction of sp³-hybridized carbons (Fsp3) is 0.222. The van der Waals surface area contributed by atoms with Gasteiger partial charge in [-0.1, -0.05) is 29.8 Å². The van der Waals surface area contributed by atoms with Crippen molar-refractivity contribution < 1.29 is 4.79 Å². The summed E-state index contributed by atoms with van der Waals surface area (Å²) in [4.78, 5) is 13.2. The third-order valence-corrected chi connectivity index (χ3v) is 5.34. The van der Waals surface area contributed by atoms with E-state index in [1.807, 2.05) is 47.8 Å². The number of nitrogens with one attached hydrogen (secondary N) is 2. The van der Waals surface area contributed by atoms with Gasteiger partial charge in [0.25, 0.3) is 5.91 Å². The number of hydrogen-bond acceptors (Lipinski definition) is 4. The van der Waals surface area contributed by atoms with E-state index in [9.17, 15) is 4.79 Å². The largest absolute Gasteiger partial charge is 0.347 e. The Morgan fingerprint density at radius 1 is 1.32 bits per heavy atom. The van der Waals surface area contributed by atoms with Crippen LogP contribution in [-0.2, 0) is 6.42 Å². The highest BCUT2D eigenvalue weighted by molar-refractivity contribution is 7.13. The Hall–Kier alpha value is -2.15. The smallest absolute Gasteiger partial charge is 0.269 e. The molecule has 25 heavy (non-hydrogen) atoms. The van der Waals surface area contributed by atoms with Crippen LogP contribution in [0.1, 0.15) is 22.2 Å². The quantitative estimate of drug-likeness (QED) is 0.722. The van der Waals surface area contributed by atoms with E-state index in [-0.39, 0.29) is 12.1 Å². The fourth-order valence-corrected chi connectivity index (χ4v) is 3.71. The predicted molar refractivity (Wildman–Crippen MR) is 100 cm³/mol. The number of benzene rings is 1. The van der Waals surface area contributed by atoms with Crippen LogP contribution in [0.2, 0.25) is 5.02 Å². The highest BCUT2D eigenvalue weighted by Crippen LogP contribution is 2.26. The minimum atomic E-state index is -0.0777. The van der Waals surface area contributed by atoms with Gasteiger partial charge < -0.3 is 5.32 Å². The van der Waals surface area contributed by atoms with Crippen molar-refractivity contribution in [2.75, 3.05) is 13.1 Å². The van der Waals surface area contributed by atoms with Crippen LogP contribution in [0.25, 0.3) is 10.6 Å². The maximum absolute atomic E-state index is 12.1. The summed E-state index contributed by atoms with van der Waals surface area (Å²) in [6.07, 6.45) is 0.837. The topological polar surface area (TPSA) is 59.0 Å². The Balaban J connectivity index is 1.47. The first-order chi connectivity index (χ1) is 12.2. The van der Waals surface area contributed by atoms with Crippen LogP contribution in [0, 0.1) is 0 Å². The molecule has 1 aliphatic heterocycles. The van der Waals surface area contributed by atoms with Crippen molar-refractivity contribution in [2.45, 2.75) is 12.6 Å². The molecule has 2 N–H and O–H groups in total. The summed E-state index contributed by atoms with van der Waals surface area (Å²) in [5.41, 5.74) is 2.65. The zero-order chi connectivity index (χ0) is 17.2. The second-order valence-electron chi connectivity index (χ2n) is 5.89. The standard InChI is InChI=1S/C18H17ClN4OS/c19-13-5-3-12(4-6-13)7-8-20-17-11-21-18(24)15-10-14(22-23(15)17)16-2-1-9-25-16/h1-6,9-10,17,20H,7-8,11H2,(H,21,24)/t17-/m1/s1. The van der Waals surface area contributed by atoms with Crippen LogP contribution >= 0.6 is 22.9 Å². The summed E-state index contributed by atoms with van der Waals surface area (Å²) in [5, 5.41) is 13.8. The molecule has 0 aliphatic carbocycles. The minimum absolute atomic E-state index is 0.0475. The van der Waals surface area contributed by atoms with Crippen molar-refractivity contribution in [1.29, 1.82) is 0 Å². The first-order valence-corrected chi connectivity index (χ1v) is 9.36. The molecule has 3 heterocycles.